The van der Waals surface area contributed by atoms with Crippen LogP contribution in [0.25, 0.3) is 0 Å². The van der Waals surface area contributed by atoms with Gasteiger partial charge in [-0.2, -0.15) is 0 Å². The van der Waals surface area contributed by atoms with Crippen LogP contribution in [0.2, 0.25) is 0 Å². The van der Waals surface area contributed by atoms with E-state index >= 15 is 0 Å². The van der Waals surface area contributed by atoms with Gasteiger partial charge >= 0.3 is 0 Å². The van der Waals surface area contributed by atoms with Gasteiger partial charge in [0, 0.05) is 18.7 Å². The lowest BCUT2D eigenvalue weighted by atomic mass is 10.1. The largest absolute Gasteiger partial charge is 0.495 e. The molecule has 0 aliphatic heterocycles. The van der Waals surface area contributed by atoms with Crippen LogP contribution in [0.4, 0.5) is 5.69 Å². The Bertz CT molecular complexity index is 879. The SMILES string of the molecule is CCC[C@H](C)NC(=O)c1ccc(S(=O)(=O)N(C)c2ccccc2OC)cc1. The van der Waals surface area contributed by atoms with E-state index in [0.29, 0.717) is 17.0 Å². The standard InChI is InChI=1S/C20H26N2O4S/c1-5-8-15(2)21-20(23)16-11-13-17(14-12-16)27(24,25)22(3)18-9-6-7-10-19(18)26-4/h6-7,9-15H,5,8H2,1-4H3,(H,21,23)/t15-/m0/s1. The molecule has 146 valence electrons. The van der Waals surface area contributed by atoms with Gasteiger partial charge in [0.15, 0.2) is 0 Å². The van der Waals surface area contributed by atoms with Gasteiger partial charge in [-0.1, -0.05) is 25.5 Å². The summed E-state index contributed by atoms with van der Waals surface area (Å²) < 4.78 is 32.2. The molecule has 0 aromatic heterocycles. The molecule has 0 radical (unpaired) electrons. The lowest BCUT2D eigenvalue weighted by molar-refractivity contribution is 0.0938. The number of methoxy groups -OCH3 is 1. The lowest BCUT2D eigenvalue weighted by Crippen LogP contribution is -2.32. The minimum atomic E-state index is -3.78. The average Bonchev–Trinajstić information content (AvgIpc) is 2.67. The topological polar surface area (TPSA) is 75.7 Å². The molecule has 0 aliphatic carbocycles. The maximum Gasteiger partial charge on any atom is 0.264 e. The monoisotopic (exact) mass is 390 g/mol. The van der Waals surface area contributed by atoms with E-state index in [1.807, 2.05) is 6.92 Å². The second-order valence-corrected chi connectivity index (χ2v) is 8.30. The van der Waals surface area contributed by atoms with Crippen LogP contribution in [0.3, 0.4) is 0 Å². The van der Waals surface area contributed by atoms with Gasteiger partial charge in [-0.3, -0.25) is 9.10 Å². The van der Waals surface area contributed by atoms with Crippen molar-refractivity contribution in [3.63, 3.8) is 0 Å². The zero-order chi connectivity index (χ0) is 20.0. The lowest BCUT2D eigenvalue weighted by Gasteiger charge is -2.21. The summed E-state index contributed by atoms with van der Waals surface area (Å²) in [6.07, 6.45) is 1.87. The molecular formula is C20H26N2O4S. The third-order valence-electron chi connectivity index (χ3n) is 4.30. The van der Waals surface area contributed by atoms with Gasteiger partial charge in [0.1, 0.15) is 5.75 Å². The maximum atomic E-state index is 12.9. The van der Waals surface area contributed by atoms with Gasteiger partial charge in [-0.05, 0) is 49.7 Å². The number of para-hydroxylation sites is 2. The van der Waals surface area contributed by atoms with E-state index in [4.69, 9.17) is 4.74 Å². The highest BCUT2D eigenvalue weighted by molar-refractivity contribution is 7.92. The first kappa shape index (κ1) is 20.8. The van der Waals surface area contributed by atoms with Crippen LogP contribution in [-0.4, -0.2) is 34.5 Å². The number of sulfonamides is 1. The molecule has 2 aromatic rings. The summed E-state index contributed by atoms with van der Waals surface area (Å²) in [5, 5.41) is 2.90. The number of anilines is 1. The van der Waals surface area contributed by atoms with Gasteiger partial charge in [-0.25, -0.2) is 8.42 Å². The number of carbonyl (C=O) groups is 1. The number of benzene rings is 2. The van der Waals surface area contributed by atoms with E-state index in [1.165, 1.54) is 42.7 Å². The summed E-state index contributed by atoms with van der Waals surface area (Å²) in [6.45, 7) is 4.00. The Hall–Kier alpha value is -2.54. The first-order valence-corrected chi connectivity index (χ1v) is 10.3. The van der Waals surface area contributed by atoms with Crippen molar-refractivity contribution < 1.29 is 17.9 Å². The average molecular weight is 391 g/mol. The number of rotatable bonds is 8. The molecule has 27 heavy (non-hydrogen) atoms. The van der Waals surface area contributed by atoms with Gasteiger partial charge in [0.2, 0.25) is 0 Å². The summed E-state index contributed by atoms with van der Waals surface area (Å²) in [4.78, 5) is 12.3. The number of carbonyl (C=O) groups excluding carboxylic acids is 1. The van der Waals surface area contributed by atoms with Crippen LogP contribution >= 0.6 is 0 Å². The van der Waals surface area contributed by atoms with Crippen molar-refractivity contribution in [2.24, 2.45) is 0 Å². The molecule has 0 aliphatic rings. The Labute approximate surface area is 161 Å². The first-order chi connectivity index (χ1) is 12.8. The normalized spacial score (nSPS) is 12.3. The number of hydrogen-bond donors (Lipinski definition) is 1. The molecule has 2 aromatic carbocycles. The molecule has 2 rings (SSSR count). The van der Waals surface area contributed by atoms with Crippen LogP contribution < -0.4 is 14.4 Å². The molecule has 1 atom stereocenters. The van der Waals surface area contributed by atoms with Crippen LogP contribution in [0.15, 0.2) is 53.4 Å². The fourth-order valence-corrected chi connectivity index (χ4v) is 3.97. The Morgan fingerprint density at radius 3 is 2.37 bits per heavy atom. The predicted octanol–water partition coefficient (Wildman–Crippen LogP) is 3.44. The summed E-state index contributed by atoms with van der Waals surface area (Å²) >= 11 is 0. The van der Waals surface area contributed by atoms with Crippen molar-refractivity contribution in [2.45, 2.75) is 37.6 Å². The number of nitrogens with zero attached hydrogens (tertiary/aromatic N) is 1. The second-order valence-electron chi connectivity index (χ2n) is 6.33. The van der Waals surface area contributed by atoms with E-state index in [0.717, 1.165) is 12.8 Å². The Kier molecular flexibility index (Phi) is 6.85. The fourth-order valence-electron chi connectivity index (χ4n) is 2.77. The first-order valence-electron chi connectivity index (χ1n) is 8.84. The molecule has 0 fully saturated rings. The molecule has 6 nitrogen and oxygen atoms in total. The molecule has 0 saturated carbocycles. The van der Waals surface area contributed by atoms with Crippen molar-refractivity contribution in [1.29, 1.82) is 0 Å². The molecule has 0 unspecified atom stereocenters. The summed E-state index contributed by atoms with van der Waals surface area (Å²) in [7, 11) is -0.812. The van der Waals surface area contributed by atoms with Gasteiger partial charge in [0.05, 0.1) is 17.7 Å². The number of ether oxygens (including phenoxy) is 1. The van der Waals surface area contributed by atoms with Crippen molar-refractivity contribution in [1.82, 2.24) is 5.32 Å². The van der Waals surface area contributed by atoms with Crippen molar-refractivity contribution >= 4 is 21.6 Å². The number of amides is 1. The highest BCUT2D eigenvalue weighted by Crippen LogP contribution is 2.30. The smallest absolute Gasteiger partial charge is 0.264 e. The summed E-state index contributed by atoms with van der Waals surface area (Å²) in [6, 6.07) is 12.9. The Balaban J connectivity index is 2.23. The zero-order valence-corrected chi connectivity index (χ0v) is 16.9. The molecule has 0 saturated heterocycles. The van der Waals surface area contributed by atoms with Crippen molar-refractivity contribution in [2.75, 3.05) is 18.5 Å². The van der Waals surface area contributed by atoms with E-state index in [-0.39, 0.29) is 16.8 Å². The zero-order valence-electron chi connectivity index (χ0n) is 16.1. The fraction of sp³-hybridized carbons (Fsp3) is 0.350. The summed E-state index contributed by atoms with van der Waals surface area (Å²) in [5.41, 5.74) is 0.868. The van der Waals surface area contributed by atoms with Crippen LogP contribution in [0.1, 0.15) is 37.0 Å². The highest BCUT2D eigenvalue weighted by Gasteiger charge is 2.24. The second kappa shape index (κ2) is 8.90. The number of nitrogens with one attached hydrogen (secondary N) is 1. The third-order valence-corrected chi connectivity index (χ3v) is 6.08. The van der Waals surface area contributed by atoms with Gasteiger partial charge < -0.3 is 10.1 Å². The van der Waals surface area contributed by atoms with Gasteiger partial charge in [0.25, 0.3) is 15.9 Å². The van der Waals surface area contributed by atoms with Gasteiger partial charge in [-0.15, -0.1) is 0 Å². The molecule has 0 bridgehead atoms. The Morgan fingerprint density at radius 1 is 1.15 bits per heavy atom. The van der Waals surface area contributed by atoms with Crippen molar-refractivity contribution in [3.05, 3.63) is 54.1 Å². The van der Waals surface area contributed by atoms with E-state index in [2.05, 4.69) is 12.2 Å². The van der Waals surface area contributed by atoms with E-state index in [9.17, 15) is 13.2 Å². The molecule has 0 heterocycles. The molecule has 7 heteroatoms. The van der Waals surface area contributed by atoms with E-state index in [1.54, 1.807) is 24.3 Å². The third kappa shape index (κ3) is 4.80. The highest BCUT2D eigenvalue weighted by atomic mass is 32.2. The molecular weight excluding hydrogens is 364 g/mol. The molecule has 1 N–H and O–H groups in total. The van der Waals surface area contributed by atoms with Crippen LogP contribution in [0, 0.1) is 0 Å². The minimum absolute atomic E-state index is 0.0718. The van der Waals surface area contributed by atoms with Crippen molar-refractivity contribution in [3.8, 4) is 5.75 Å². The van der Waals surface area contributed by atoms with E-state index < -0.39 is 10.0 Å². The molecule has 1 amide bonds. The predicted molar refractivity (Wildman–Crippen MR) is 107 cm³/mol. The molecule has 0 spiro atoms. The van der Waals surface area contributed by atoms with Crippen LogP contribution in [0.5, 0.6) is 5.75 Å². The summed E-state index contributed by atoms with van der Waals surface area (Å²) in [5.74, 6) is 0.252. The quantitative estimate of drug-likeness (QED) is 0.749. The minimum Gasteiger partial charge on any atom is -0.495 e. The number of hydrogen-bond acceptors (Lipinski definition) is 4. The Morgan fingerprint density at radius 2 is 1.78 bits per heavy atom. The van der Waals surface area contributed by atoms with Crippen LogP contribution in [-0.2, 0) is 10.0 Å². The maximum absolute atomic E-state index is 12.9.